The summed E-state index contributed by atoms with van der Waals surface area (Å²) in [5, 5.41) is 0. The first-order chi connectivity index (χ1) is 9.97. The molecule has 6 heteroatoms. The van der Waals surface area contributed by atoms with Gasteiger partial charge in [0.05, 0.1) is 30.5 Å². The second-order valence-corrected chi connectivity index (χ2v) is 5.64. The van der Waals surface area contributed by atoms with Crippen LogP contribution in [0.5, 0.6) is 0 Å². The smallest absolute Gasteiger partial charge is 0.299 e. The van der Waals surface area contributed by atoms with E-state index in [9.17, 15) is 14.0 Å². The molecule has 1 saturated heterocycles. The molecule has 0 N–H and O–H groups in total. The Morgan fingerprint density at radius 2 is 2.14 bits per heavy atom. The van der Waals surface area contributed by atoms with Crippen molar-refractivity contribution in [3.05, 3.63) is 29.1 Å². The van der Waals surface area contributed by atoms with Crippen molar-refractivity contribution < 1.29 is 18.7 Å². The van der Waals surface area contributed by atoms with Crippen molar-refractivity contribution in [3.63, 3.8) is 0 Å². The molecule has 1 aromatic carbocycles. The fraction of sp³-hybridized carbons (Fsp3) is 0.467. The number of hydrogen-bond donors (Lipinski definition) is 0. The quantitative estimate of drug-likeness (QED) is 0.763. The lowest BCUT2D eigenvalue weighted by molar-refractivity contribution is -0.115. The van der Waals surface area contributed by atoms with Crippen LogP contribution in [-0.2, 0) is 9.53 Å². The van der Waals surface area contributed by atoms with Crippen molar-refractivity contribution in [2.24, 2.45) is 0 Å². The van der Waals surface area contributed by atoms with Gasteiger partial charge < -0.3 is 9.64 Å². The molecule has 1 aromatic rings. The van der Waals surface area contributed by atoms with E-state index in [0.29, 0.717) is 18.7 Å². The minimum absolute atomic E-state index is 0.0902. The maximum Gasteiger partial charge on any atom is 0.299 e. The summed E-state index contributed by atoms with van der Waals surface area (Å²) in [4.78, 5) is 27.4. The SMILES string of the molecule is Cc1cc(F)c2c(c1)C(=O)C(=O)N2CC1CN(C)CCO1. The molecule has 2 aliphatic rings. The Labute approximate surface area is 122 Å². The van der Waals surface area contributed by atoms with Crippen LogP contribution in [0.25, 0.3) is 0 Å². The Kier molecular flexibility index (Phi) is 3.51. The van der Waals surface area contributed by atoms with E-state index in [2.05, 4.69) is 4.90 Å². The molecule has 0 radical (unpaired) electrons. The van der Waals surface area contributed by atoms with Gasteiger partial charge in [0.25, 0.3) is 11.7 Å². The highest BCUT2D eigenvalue weighted by Crippen LogP contribution is 2.33. The number of carbonyl (C=O) groups is 2. The zero-order chi connectivity index (χ0) is 15.1. The molecule has 112 valence electrons. The second kappa shape index (κ2) is 5.20. The van der Waals surface area contributed by atoms with Crippen LogP contribution in [0.1, 0.15) is 15.9 Å². The van der Waals surface area contributed by atoms with Crippen molar-refractivity contribution in [2.45, 2.75) is 13.0 Å². The topological polar surface area (TPSA) is 49.9 Å². The molecule has 0 aromatic heterocycles. The number of Topliss-reactive ketones (excluding diaryl/α,β-unsaturated/α-hetero) is 1. The van der Waals surface area contributed by atoms with E-state index in [4.69, 9.17) is 4.74 Å². The van der Waals surface area contributed by atoms with E-state index in [0.717, 1.165) is 6.54 Å². The summed E-state index contributed by atoms with van der Waals surface area (Å²) in [5.74, 6) is -1.85. The maximum atomic E-state index is 14.2. The fourth-order valence-electron chi connectivity index (χ4n) is 2.88. The van der Waals surface area contributed by atoms with Crippen LogP contribution >= 0.6 is 0 Å². The van der Waals surface area contributed by atoms with Gasteiger partial charge >= 0.3 is 0 Å². The minimum Gasteiger partial charge on any atom is -0.374 e. The van der Waals surface area contributed by atoms with Crippen LogP contribution in [0.15, 0.2) is 12.1 Å². The summed E-state index contributed by atoms with van der Waals surface area (Å²) in [5.41, 5.74) is 0.872. The molecule has 2 heterocycles. The molecule has 0 spiro atoms. The summed E-state index contributed by atoms with van der Waals surface area (Å²) >= 11 is 0. The molecule has 1 unspecified atom stereocenters. The number of rotatable bonds is 2. The van der Waals surface area contributed by atoms with Gasteiger partial charge in [-0.15, -0.1) is 0 Å². The molecule has 0 saturated carbocycles. The fourth-order valence-corrected chi connectivity index (χ4v) is 2.88. The van der Waals surface area contributed by atoms with Gasteiger partial charge in [-0.3, -0.25) is 14.5 Å². The van der Waals surface area contributed by atoms with Crippen molar-refractivity contribution in [1.82, 2.24) is 4.90 Å². The highest BCUT2D eigenvalue weighted by molar-refractivity contribution is 6.52. The molecule has 1 amide bonds. The summed E-state index contributed by atoms with van der Waals surface area (Å²) in [7, 11) is 1.96. The molecule has 1 atom stereocenters. The van der Waals surface area contributed by atoms with Crippen LogP contribution in [0.4, 0.5) is 10.1 Å². The van der Waals surface area contributed by atoms with Crippen molar-refractivity contribution in [2.75, 3.05) is 38.2 Å². The lowest BCUT2D eigenvalue weighted by atomic mass is 10.1. The Balaban J connectivity index is 1.90. The van der Waals surface area contributed by atoms with E-state index in [1.807, 2.05) is 7.05 Å². The number of morpholine rings is 1. The van der Waals surface area contributed by atoms with Gasteiger partial charge in [0, 0.05) is 13.1 Å². The van der Waals surface area contributed by atoms with Crippen molar-refractivity contribution >= 4 is 17.4 Å². The normalized spacial score (nSPS) is 22.8. The van der Waals surface area contributed by atoms with Crippen LogP contribution in [0.3, 0.4) is 0 Å². The second-order valence-electron chi connectivity index (χ2n) is 5.64. The largest absolute Gasteiger partial charge is 0.374 e. The third-order valence-electron chi connectivity index (χ3n) is 3.89. The maximum absolute atomic E-state index is 14.2. The number of benzene rings is 1. The number of aryl methyl sites for hydroxylation is 1. The van der Waals surface area contributed by atoms with Gasteiger partial charge in [-0.25, -0.2) is 4.39 Å². The molecular formula is C15H17FN2O3. The zero-order valence-electron chi connectivity index (χ0n) is 12.1. The summed E-state index contributed by atoms with van der Waals surface area (Å²) in [6.07, 6.45) is -0.216. The first-order valence-corrected chi connectivity index (χ1v) is 6.94. The lowest BCUT2D eigenvalue weighted by Gasteiger charge is -2.32. The lowest BCUT2D eigenvalue weighted by Crippen LogP contribution is -2.47. The summed E-state index contributed by atoms with van der Waals surface area (Å²) in [6, 6.07) is 2.90. The standard InChI is InChI=1S/C15H17FN2O3/c1-9-5-11-13(12(16)6-9)18(15(20)14(11)19)8-10-7-17(2)3-4-21-10/h5-6,10H,3-4,7-8H2,1-2H3. The molecular weight excluding hydrogens is 275 g/mol. The highest BCUT2D eigenvalue weighted by atomic mass is 19.1. The Morgan fingerprint density at radius 1 is 1.38 bits per heavy atom. The van der Waals surface area contributed by atoms with Crippen molar-refractivity contribution in [1.29, 1.82) is 0 Å². The summed E-state index contributed by atoms with van der Waals surface area (Å²) in [6.45, 7) is 3.94. The van der Waals surface area contributed by atoms with E-state index < -0.39 is 17.5 Å². The molecule has 3 rings (SSSR count). The van der Waals surface area contributed by atoms with Gasteiger partial charge in [-0.05, 0) is 31.7 Å². The summed E-state index contributed by atoms with van der Waals surface area (Å²) < 4.78 is 19.8. The predicted octanol–water partition coefficient (Wildman–Crippen LogP) is 0.994. The van der Waals surface area contributed by atoms with E-state index in [-0.39, 0.29) is 23.9 Å². The number of ether oxygens (including phenoxy) is 1. The van der Waals surface area contributed by atoms with E-state index in [1.54, 1.807) is 13.0 Å². The number of halogens is 1. The Morgan fingerprint density at radius 3 is 2.86 bits per heavy atom. The van der Waals surface area contributed by atoms with Gasteiger partial charge in [0.15, 0.2) is 0 Å². The average molecular weight is 292 g/mol. The number of hydrogen-bond acceptors (Lipinski definition) is 4. The van der Waals surface area contributed by atoms with Crippen LogP contribution in [0.2, 0.25) is 0 Å². The first-order valence-electron chi connectivity index (χ1n) is 6.94. The van der Waals surface area contributed by atoms with Crippen LogP contribution in [0, 0.1) is 12.7 Å². The van der Waals surface area contributed by atoms with Crippen molar-refractivity contribution in [3.8, 4) is 0 Å². The zero-order valence-corrected chi connectivity index (χ0v) is 12.1. The number of carbonyl (C=O) groups excluding carboxylic acids is 2. The third kappa shape index (κ3) is 2.45. The Hall–Kier alpha value is -1.79. The van der Waals surface area contributed by atoms with Gasteiger partial charge in [-0.1, -0.05) is 0 Å². The predicted molar refractivity (Wildman–Crippen MR) is 75.1 cm³/mol. The van der Waals surface area contributed by atoms with Crippen LogP contribution in [-0.4, -0.2) is 56.0 Å². The molecule has 0 aliphatic carbocycles. The Bertz CT molecular complexity index is 617. The number of ketones is 1. The van der Waals surface area contributed by atoms with Gasteiger partial charge in [0.2, 0.25) is 0 Å². The molecule has 5 nitrogen and oxygen atoms in total. The third-order valence-corrected chi connectivity index (χ3v) is 3.89. The molecule has 2 aliphatic heterocycles. The van der Waals surface area contributed by atoms with Gasteiger partial charge in [0.1, 0.15) is 5.82 Å². The minimum atomic E-state index is -0.675. The monoisotopic (exact) mass is 292 g/mol. The highest BCUT2D eigenvalue weighted by Gasteiger charge is 2.39. The number of amides is 1. The number of likely N-dealkylation sites (N-methyl/N-ethyl adjacent to an activating group) is 1. The van der Waals surface area contributed by atoms with E-state index in [1.165, 1.54) is 11.0 Å². The number of anilines is 1. The average Bonchev–Trinajstić information content (AvgIpc) is 2.64. The molecule has 0 bridgehead atoms. The first kappa shape index (κ1) is 14.2. The molecule has 21 heavy (non-hydrogen) atoms. The van der Waals surface area contributed by atoms with Crippen LogP contribution < -0.4 is 4.90 Å². The molecule has 1 fully saturated rings. The number of nitrogens with zero attached hydrogens (tertiary/aromatic N) is 2. The number of fused-ring (bicyclic) bond motifs is 1. The van der Waals surface area contributed by atoms with Gasteiger partial charge in [-0.2, -0.15) is 0 Å². The van der Waals surface area contributed by atoms with E-state index >= 15 is 0 Å².